The van der Waals surface area contributed by atoms with E-state index < -0.39 is 24.1 Å². The van der Waals surface area contributed by atoms with Crippen LogP contribution in [0.5, 0.6) is 6.01 Å². The van der Waals surface area contributed by atoms with E-state index in [2.05, 4.69) is 25.6 Å². The average Bonchev–Trinajstić information content (AvgIpc) is 3.57. The second-order valence-electron chi connectivity index (χ2n) is 9.69. The molecule has 1 aromatic carbocycles. The molecule has 13 nitrogen and oxygen atoms in total. The summed E-state index contributed by atoms with van der Waals surface area (Å²) in [5.74, 6) is -0.172. The number of rotatable bonds is 12. The number of anilines is 1. The van der Waals surface area contributed by atoms with Gasteiger partial charge in [-0.1, -0.05) is 18.2 Å². The molecule has 1 saturated heterocycles. The highest BCUT2D eigenvalue weighted by molar-refractivity contribution is 5.91. The van der Waals surface area contributed by atoms with Gasteiger partial charge in [0.25, 0.3) is 0 Å². The Morgan fingerprint density at radius 1 is 1.07 bits per heavy atom. The van der Waals surface area contributed by atoms with Gasteiger partial charge in [-0.2, -0.15) is 14.6 Å². The molecule has 3 aromatic heterocycles. The van der Waals surface area contributed by atoms with E-state index in [4.69, 9.17) is 24.1 Å². The van der Waals surface area contributed by atoms with E-state index >= 15 is 0 Å². The van der Waals surface area contributed by atoms with E-state index in [1.165, 1.54) is 12.3 Å². The summed E-state index contributed by atoms with van der Waals surface area (Å²) >= 11 is 0. The van der Waals surface area contributed by atoms with Crippen LogP contribution in [0.3, 0.4) is 0 Å². The van der Waals surface area contributed by atoms with E-state index in [9.17, 15) is 9.18 Å². The van der Waals surface area contributed by atoms with Gasteiger partial charge in [-0.3, -0.25) is 10.2 Å². The number of ether oxygens (including phenoxy) is 3. The Labute approximate surface area is 247 Å². The van der Waals surface area contributed by atoms with E-state index in [1.54, 1.807) is 42.4 Å². The number of urea groups is 1. The number of methoxy groups -OCH3 is 2. The highest BCUT2D eigenvalue weighted by Gasteiger charge is 2.37. The van der Waals surface area contributed by atoms with Gasteiger partial charge >= 0.3 is 12.0 Å². The largest absolute Gasteiger partial charge is 0.461 e. The van der Waals surface area contributed by atoms with Crippen molar-refractivity contribution >= 4 is 11.8 Å². The molecule has 0 unspecified atom stereocenters. The number of hydroxylamine groups is 2. The number of aromatic nitrogens is 5. The number of carbonyl (C=O) groups excluding carboxylic acids is 1. The standard InChI is InChI=1S/C29H33FN8O5/c1-19-25(21-16-32-29(33-17-21)42-14-13-41-3)36-38(22-7-5-4-6-8-22)27(19)35-28(39)34-23-18-37(11-12-40-2)43-26(23)20-9-10-31-24(30)15-20/h4-10,15-17,23,26H,11-14,18H2,1-3H3,(H2,34,35,39)/t23-,26+/m1/s1. The van der Waals surface area contributed by atoms with Gasteiger partial charge in [0, 0.05) is 57.0 Å². The first-order valence-electron chi connectivity index (χ1n) is 13.7. The number of halogens is 1. The molecule has 1 aliphatic heterocycles. The molecule has 0 spiro atoms. The number of pyridine rings is 1. The highest BCUT2D eigenvalue weighted by Crippen LogP contribution is 2.32. The quantitative estimate of drug-likeness (QED) is 0.186. The van der Waals surface area contributed by atoms with Gasteiger partial charge < -0.3 is 19.5 Å². The molecule has 226 valence electrons. The summed E-state index contributed by atoms with van der Waals surface area (Å²) in [5, 5.41) is 12.5. The van der Waals surface area contributed by atoms with Gasteiger partial charge in [0.05, 0.1) is 24.9 Å². The van der Waals surface area contributed by atoms with Crippen LogP contribution in [0.25, 0.3) is 16.9 Å². The van der Waals surface area contributed by atoms with Crippen LogP contribution >= 0.6 is 0 Å². The van der Waals surface area contributed by atoms with Crippen molar-refractivity contribution in [2.75, 3.05) is 52.4 Å². The minimum Gasteiger partial charge on any atom is -0.461 e. The molecule has 1 fully saturated rings. The van der Waals surface area contributed by atoms with Crippen molar-refractivity contribution in [2.45, 2.75) is 19.1 Å². The van der Waals surface area contributed by atoms with Crippen molar-refractivity contribution in [3.05, 3.63) is 78.1 Å². The van der Waals surface area contributed by atoms with Crippen LogP contribution in [-0.4, -0.2) is 89.0 Å². The molecule has 0 saturated carbocycles. The Kier molecular flexibility index (Phi) is 9.84. The lowest BCUT2D eigenvalue weighted by Gasteiger charge is -2.19. The van der Waals surface area contributed by atoms with Gasteiger partial charge in [-0.25, -0.2) is 24.4 Å². The van der Waals surface area contributed by atoms with Crippen molar-refractivity contribution in [1.82, 2.24) is 35.1 Å². The summed E-state index contributed by atoms with van der Waals surface area (Å²) in [6, 6.07) is 11.6. The number of benzene rings is 1. The fourth-order valence-corrected chi connectivity index (χ4v) is 4.65. The zero-order valence-corrected chi connectivity index (χ0v) is 24.1. The first-order chi connectivity index (χ1) is 21.0. The lowest BCUT2D eigenvalue weighted by molar-refractivity contribution is -0.154. The summed E-state index contributed by atoms with van der Waals surface area (Å²) in [4.78, 5) is 31.7. The minimum atomic E-state index is -0.631. The molecule has 2 amide bonds. The van der Waals surface area contributed by atoms with E-state index in [0.29, 0.717) is 61.1 Å². The molecule has 1 aliphatic rings. The summed E-state index contributed by atoms with van der Waals surface area (Å²) in [7, 11) is 3.18. The predicted molar refractivity (Wildman–Crippen MR) is 154 cm³/mol. The molecule has 5 rings (SSSR count). The summed E-state index contributed by atoms with van der Waals surface area (Å²) in [6.07, 6.45) is 3.98. The Morgan fingerprint density at radius 2 is 1.84 bits per heavy atom. The Bertz CT molecular complexity index is 1500. The van der Waals surface area contributed by atoms with Crippen molar-refractivity contribution in [2.24, 2.45) is 0 Å². The Hall–Kier alpha value is -4.50. The average molecular weight is 593 g/mol. The van der Waals surface area contributed by atoms with Crippen LogP contribution in [0.4, 0.5) is 15.0 Å². The van der Waals surface area contributed by atoms with Gasteiger partial charge in [0.2, 0.25) is 5.95 Å². The van der Waals surface area contributed by atoms with E-state index in [1.807, 2.05) is 37.3 Å². The van der Waals surface area contributed by atoms with Crippen molar-refractivity contribution in [3.8, 4) is 23.0 Å². The second kappa shape index (κ2) is 14.1. The second-order valence-corrected chi connectivity index (χ2v) is 9.69. The minimum absolute atomic E-state index is 0.223. The maximum atomic E-state index is 14.0. The predicted octanol–water partition coefficient (Wildman–Crippen LogP) is 3.32. The number of amides is 2. The number of carbonyl (C=O) groups is 1. The van der Waals surface area contributed by atoms with Crippen LogP contribution in [-0.2, 0) is 14.3 Å². The molecular weight excluding hydrogens is 559 g/mol. The van der Waals surface area contributed by atoms with Crippen LogP contribution in [0.2, 0.25) is 0 Å². The van der Waals surface area contributed by atoms with Gasteiger partial charge in [-0.15, -0.1) is 0 Å². The molecule has 2 atom stereocenters. The smallest absolute Gasteiger partial charge is 0.320 e. The fourth-order valence-electron chi connectivity index (χ4n) is 4.65. The molecule has 0 bridgehead atoms. The molecular formula is C29H33FN8O5. The van der Waals surface area contributed by atoms with Gasteiger partial charge in [0.1, 0.15) is 24.2 Å². The first kappa shape index (κ1) is 30.0. The molecule has 2 N–H and O–H groups in total. The third kappa shape index (κ3) is 7.29. The third-order valence-corrected chi connectivity index (χ3v) is 6.74. The normalized spacial score (nSPS) is 16.7. The molecule has 14 heteroatoms. The van der Waals surface area contributed by atoms with Gasteiger partial charge in [0.15, 0.2) is 0 Å². The van der Waals surface area contributed by atoms with Crippen molar-refractivity contribution < 1.29 is 28.2 Å². The Balaban J connectivity index is 1.39. The van der Waals surface area contributed by atoms with Gasteiger partial charge in [-0.05, 0) is 36.8 Å². The lowest BCUT2D eigenvalue weighted by atomic mass is 10.0. The number of para-hydroxylation sites is 1. The fraction of sp³-hybridized carbons (Fsp3) is 0.345. The van der Waals surface area contributed by atoms with Crippen LogP contribution in [0.15, 0.2) is 61.1 Å². The molecule has 0 aliphatic carbocycles. The Morgan fingerprint density at radius 3 is 2.56 bits per heavy atom. The van der Waals surface area contributed by atoms with Crippen molar-refractivity contribution in [1.29, 1.82) is 0 Å². The molecule has 4 heterocycles. The summed E-state index contributed by atoms with van der Waals surface area (Å²) in [5.41, 5.74) is 3.23. The number of hydrogen-bond acceptors (Lipinski definition) is 10. The first-order valence-corrected chi connectivity index (χ1v) is 13.7. The zero-order valence-electron chi connectivity index (χ0n) is 24.1. The number of nitrogens with zero attached hydrogens (tertiary/aromatic N) is 6. The van der Waals surface area contributed by atoms with E-state index in [-0.39, 0.29) is 6.01 Å². The topological polar surface area (TPSA) is 138 Å². The molecule has 4 aromatic rings. The molecule has 0 radical (unpaired) electrons. The third-order valence-electron chi connectivity index (χ3n) is 6.74. The number of nitrogens with one attached hydrogen (secondary N) is 2. The van der Waals surface area contributed by atoms with Crippen molar-refractivity contribution in [3.63, 3.8) is 0 Å². The summed E-state index contributed by atoms with van der Waals surface area (Å²) in [6.45, 7) is 3.87. The monoisotopic (exact) mass is 592 g/mol. The lowest BCUT2D eigenvalue weighted by Crippen LogP contribution is -2.42. The maximum absolute atomic E-state index is 14.0. The van der Waals surface area contributed by atoms with Crippen LogP contribution < -0.4 is 15.4 Å². The van der Waals surface area contributed by atoms with E-state index in [0.717, 1.165) is 5.69 Å². The SMILES string of the molecule is COCCOc1ncc(-c2nn(-c3ccccc3)c(NC(=O)N[C@@H]3CN(CCOC)O[C@H]3c3ccnc(F)c3)c2C)cn1. The highest BCUT2D eigenvalue weighted by atomic mass is 19.1. The van der Waals surface area contributed by atoms with Crippen LogP contribution in [0.1, 0.15) is 17.2 Å². The molecule has 43 heavy (non-hydrogen) atoms. The summed E-state index contributed by atoms with van der Waals surface area (Å²) < 4.78 is 31.2. The maximum Gasteiger partial charge on any atom is 0.320 e. The number of hydrogen-bond donors (Lipinski definition) is 2. The van der Waals surface area contributed by atoms with Crippen LogP contribution in [0, 0.1) is 12.9 Å². The zero-order chi connectivity index (χ0) is 30.2.